The first-order valence-electron chi connectivity index (χ1n) is 13.9. The number of hydrogen-bond donors (Lipinski definition) is 1. The lowest BCUT2D eigenvalue weighted by Gasteiger charge is -2.34. The van der Waals surface area contributed by atoms with Crippen molar-refractivity contribution in [2.75, 3.05) is 10.8 Å². The van der Waals surface area contributed by atoms with Gasteiger partial charge in [0.25, 0.3) is 10.0 Å². The van der Waals surface area contributed by atoms with Crippen molar-refractivity contribution < 1.29 is 18.0 Å². The molecule has 0 aromatic heterocycles. The molecule has 3 aromatic carbocycles. The van der Waals surface area contributed by atoms with Crippen LogP contribution in [0.5, 0.6) is 0 Å². The SMILES string of the molecule is CC[C@H](C(=O)N[C@@H](C)CC)N(Cc1ccc(C)cc1)C(=O)CN(c1cc(Cl)ccc1C)S(=O)(=O)c1ccc(C)cc1. The number of aryl methyl sites for hydroxylation is 3. The third-order valence-electron chi connectivity index (χ3n) is 7.19. The lowest BCUT2D eigenvalue weighted by atomic mass is 10.1. The van der Waals surface area contributed by atoms with Crippen LogP contribution in [0, 0.1) is 20.8 Å². The number of sulfonamides is 1. The fraction of sp³-hybridized carbons (Fsp3) is 0.375. The average Bonchev–Trinajstić information content (AvgIpc) is 2.94. The monoisotopic (exact) mass is 597 g/mol. The zero-order chi connectivity index (χ0) is 30.3. The predicted octanol–water partition coefficient (Wildman–Crippen LogP) is 6.18. The number of hydrogen-bond acceptors (Lipinski definition) is 4. The summed E-state index contributed by atoms with van der Waals surface area (Å²) in [6.07, 6.45) is 1.10. The Labute approximate surface area is 249 Å². The number of carbonyl (C=O) groups excluding carboxylic acids is 2. The number of halogens is 1. The van der Waals surface area contributed by atoms with Crippen LogP contribution in [0.15, 0.2) is 71.6 Å². The van der Waals surface area contributed by atoms with Gasteiger partial charge in [0.1, 0.15) is 12.6 Å². The Morgan fingerprint density at radius 3 is 2.02 bits per heavy atom. The molecule has 0 heterocycles. The lowest BCUT2D eigenvalue weighted by molar-refractivity contribution is -0.140. The Morgan fingerprint density at radius 1 is 0.878 bits per heavy atom. The van der Waals surface area contributed by atoms with Gasteiger partial charge in [-0.1, -0.05) is 79.0 Å². The van der Waals surface area contributed by atoms with Gasteiger partial charge in [0.15, 0.2) is 0 Å². The molecule has 2 amide bonds. The van der Waals surface area contributed by atoms with E-state index in [1.165, 1.54) is 17.0 Å². The van der Waals surface area contributed by atoms with Gasteiger partial charge in [-0.2, -0.15) is 0 Å². The molecule has 3 rings (SSSR count). The number of nitrogens with zero attached hydrogens (tertiary/aromatic N) is 2. The minimum absolute atomic E-state index is 0.0573. The number of nitrogens with one attached hydrogen (secondary N) is 1. The number of amides is 2. The van der Waals surface area contributed by atoms with E-state index in [2.05, 4.69) is 5.32 Å². The molecule has 0 radical (unpaired) electrons. The first-order valence-corrected chi connectivity index (χ1v) is 15.7. The van der Waals surface area contributed by atoms with Crippen LogP contribution >= 0.6 is 11.6 Å². The minimum Gasteiger partial charge on any atom is -0.352 e. The molecule has 9 heteroatoms. The normalized spacial score (nSPS) is 12.9. The van der Waals surface area contributed by atoms with Gasteiger partial charge in [0.2, 0.25) is 11.8 Å². The second-order valence-corrected chi connectivity index (χ2v) is 12.8. The maximum absolute atomic E-state index is 14.2. The van der Waals surface area contributed by atoms with Crippen molar-refractivity contribution >= 4 is 39.1 Å². The highest BCUT2D eigenvalue weighted by Gasteiger charge is 2.34. The molecule has 0 aliphatic heterocycles. The standard InChI is InChI=1S/C32H40ClN3O4S/c1-7-25(6)34-32(38)29(8-2)35(20-26-14-9-22(3)10-15-26)31(37)21-36(30-19-27(33)16-13-24(30)5)41(39,40)28-17-11-23(4)12-18-28/h9-19,25,29H,7-8,20-21H2,1-6H3,(H,34,38)/t25-,29+/m0/s1. The highest BCUT2D eigenvalue weighted by molar-refractivity contribution is 7.92. The number of rotatable bonds is 12. The molecule has 0 unspecified atom stereocenters. The van der Waals surface area contributed by atoms with E-state index >= 15 is 0 Å². The lowest BCUT2D eigenvalue weighted by Crippen LogP contribution is -2.53. The van der Waals surface area contributed by atoms with Crippen molar-refractivity contribution in [1.29, 1.82) is 0 Å². The summed E-state index contributed by atoms with van der Waals surface area (Å²) in [7, 11) is -4.17. The third-order valence-corrected chi connectivity index (χ3v) is 9.20. The summed E-state index contributed by atoms with van der Waals surface area (Å²) >= 11 is 6.30. The van der Waals surface area contributed by atoms with E-state index < -0.39 is 28.5 Å². The van der Waals surface area contributed by atoms with Gasteiger partial charge in [-0.3, -0.25) is 13.9 Å². The molecule has 0 fully saturated rings. The minimum atomic E-state index is -4.17. The van der Waals surface area contributed by atoms with Crippen molar-refractivity contribution in [3.63, 3.8) is 0 Å². The number of anilines is 1. The summed E-state index contributed by atoms with van der Waals surface area (Å²) in [5.74, 6) is -0.763. The summed E-state index contributed by atoms with van der Waals surface area (Å²) < 4.78 is 29.2. The summed E-state index contributed by atoms with van der Waals surface area (Å²) in [6.45, 7) is 11.0. The smallest absolute Gasteiger partial charge is 0.264 e. The Bertz CT molecular complexity index is 1460. The first-order chi connectivity index (χ1) is 19.4. The largest absolute Gasteiger partial charge is 0.352 e. The molecule has 0 aliphatic rings. The topological polar surface area (TPSA) is 86.8 Å². The van der Waals surface area contributed by atoms with Crippen LogP contribution in [0.25, 0.3) is 0 Å². The molecule has 0 saturated heterocycles. The molecular weight excluding hydrogens is 558 g/mol. The maximum Gasteiger partial charge on any atom is 0.264 e. The van der Waals surface area contributed by atoms with Gasteiger partial charge in [-0.25, -0.2) is 8.42 Å². The van der Waals surface area contributed by atoms with Crippen LogP contribution in [-0.4, -0.2) is 43.8 Å². The Morgan fingerprint density at radius 2 is 1.46 bits per heavy atom. The van der Waals surface area contributed by atoms with E-state index in [-0.39, 0.29) is 23.4 Å². The molecule has 0 saturated carbocycles. The zero-order valence-electron chi connectivity index (χ0n) is 24.6. The van der Waals surface area contributed by atoms with Crippen LogP contribution in [0.3, 0.4) is 0 Å². The second kappa shape index (κ2) is 14.0. The van der Waals surface area contributed by atoms with Gasteiger partial charge < -0.3 is 10.2 Å². The second-order valence-electron chi connectivity index (χ2n) is 10.5. The number of benzene rings is 3. The number of carbonyl (C=O) groups is 2. The van der Waals surface area contributed by atoms with Gasteiger partial charge in [-0.05, 0) is 75.9 Å². The zero-order valence-corrected chi connectivity index (χ0v) is 26.2. The summed E-state index contributed by atoms with van der Waals surface area (Å²) in [4.78, 5) is 29.1. The van der Waals surface area contributed by atoms with Gasteiger partial charge in [0.05, 0.1) is 10.6 Å². The Balaban J connectivity index is 2.10. The molecule has 2 atom stereocenters. The van der Waals surface area contributed by atoms with Crippen LogP contribution < -0.4 is 9.62 Å². The Hall–Kier alpha value is -3.36. The van der Waals surface area contributed by atoms with Crippen LogP contribution in [0.2, 0.25) is 5.02 Å². The molecule has 41 heavy (non-hydrogen) atoms. The molecule has 0 bridgehead atoms. The van der Waals surface area contributed by atoms with E-state index in [9.17, 15) is 18.0 Å². The quantitative estimate of drug-likeness (QED) is 0.270. The van der Waals surface area contributed by atoms with Gasteiger partial charge >= 0.3 is 0 Å². The highest BCUT2D eigenvalue weighted by Crippen LogP contribution is 2.30. The molecule has 7 nitrogen and oxygen atoms in total. The van der Waals surface area contributed by atoms with Crippen molar-refractivity contribution in [3.05, 3.63) is 94.0 Å². The van der Waals surface area contributed by atoms with Crippen molar-refractivity contribution in [1.82, 2.24) is 10.2 Å². The summed E-state index contributed by atoms with van der Waals surface area (Å²) in [6, 6.07) is 18.3. The van der Waals surface area contributed by atoms with Gasteiger partial charge in [-0.15, -0.1) is 0 Å². The summed E-state index contributed by atoms with van der Waals surface area (Å²) in [5.41, 5.74) is 3.77. The molecule has 1 N–H and O–H groups in total. The molecular formula is C32H40ClN3O4S. The van der Waals surface area contributed by atoms with Crippen LogP contribution in [0.1, 0.15) is 55.9 Å². The third kappa shape index (κ3) is 8.11. The fourth-order valence-electron chi connectivity index (χ4n) is 4.45. The van der Waals surface area contributed by atoms with Crippen molar-refractivity contribution in [2.45, 2.75) is 77.9 Å². The van der Waals surface area contributed by atoms with Crippen LogP contribution in [0.4, 0.5) is 5.69 Å². The molecule has 220 valence electrons. The van der Waals surface area contributed by atoms with E-state index in [0.29, 0.717) is 22.7 Å². The predicted molar refractivity (Wildman–Crippen MR) is 166 cm³/mol. The molecule has 3 aromatic rings. The summed E-state index contributed by atoms with van der Waals surface area (Å²) in [5, 5.41) is 3.34. The van der Waals surface area contributed by atoms with Gasteiger partial charge in [0, 0.05) is 17.6 Å². The van der Waals surface area contributed by atoms with Crippen molar-refractivity contribution in [2.24, 2.45) is 0 Å². The van der Waals surface area contributed by atoms with E-state index in [0.717, 1.165) is 27.4 Å². The fourth-order valence-corrected chi connectivity index (χ4v) is 6.09. The highest BCUT2D eigenvalue weighted by atomic mass is 35.5. The average molecular weight is 598 g/mol. The van der Waals surface area contributed by atoms with E-state index in [1.807, 2.05) is 58.9 Å². The maximum atomic E-state index is 14.2. The first kappa shape index (κ1) is 32.2. The van der Waals surface area contributed by atoms with Crippen molar-refractivity contribution in [3.8, 4) is 0 Å². The van der Waals surface area contributed by atoms with Crippen LogP contribution in [-0.2, 0) is 26.2 Å². The molecule has 0 aliphatic carbocycles. The Kier molecular flexibility index (Phi) is 11.0. The van der Waals surface area contributed by atoms with E-state index in [1.54, 1.807) is 37.3 Å². The van der Waals surface area contributed by atoms with E-state index in [4.69, 9.17) is 11.6 Å². The molecule has 0 spiro atoms.